The lowest BCUT2D eigenvalue weighted by atomic mass is 9.98. The normalized spacial score (nSPS) is 22.6. The maximum absolute atomic E-state index is 13.8. The molecule has 0 spiro atoms. The molecule has 0 aliphatic carbocycles. The zero-order chi connectivity index (χ0) is 27.2. The molecule has 0 bridgehead atoms. The summed E-state index contributed by atoms with van der Waals surface area (Å²) < 4.78 is 28.1. The van der Waals surface area contributed by atoms with E-state index in [2.05, 4.69) is 35.7 Å². The number of piperidine rings is 1. The van der Waals surface area contributed by atoms with Gasteiger partial charge < -0.3 is 15.1 Å². The lowest BCUT2D eigenvalue weighted by Crippen LogP contribution is -2.55. The number of piperazine rings is 1. The number of fused-ring (bicyclic) bond motifs is 1. The zero-order valence-corrected chi connectivity index (χ0v) is 23.7. The van der Waals surface area contributed by atoms with Crippen molar-refractivity contribution in [3.05, 3.63) is 52.3 Å². The van der Waals surface area contributed by atoms with Gasteiger partial charge in [0.2, 0.25) is 10.0 Å². The van der Waals surface area contributed by atoms with Crippen molar-refractivity contribution < 1.29 is 13.2 Å². The molecule has 2 aliphatic rings. The highest BCUT2D eigenvalue weighted by atomic mass is 35.5. The summed E-state index contributed by atoms with van der Waals surface area (Å²) in [5.41, 5.74) is 2.97. The van der Waals surface area contributed by atoms with Gasteiger partial charge in [0.15, 0.2) is 5.65 Å². The molecule has 5 rings (SSSR count). The highest BCUT2D eigenvalue weighted by Gasteiger charge is 2.33. The predicted molar refractivity (Wildman–Crippen MR) is 150 cm³/mol. The fourth-order valence-electron chi connectivity index (χ4n) is 5.41. The summed E-state index contributed by atoms with van der Waals surface area (Å²) in [5, 5.41) is 8.71. The Morgan fingerprint density at radius 2 is 2.00 bits per heavy atom. The lowest BCUT2D eigenvalue weighted by molar-refractivity contribution is 0.0607. The fraction of sp³-hybridized carbons (Fsp3) is 0.500. The summed E-state index contributed by atoms with van der Waals surface area (Å²) in [7, 11) is -3.58. The number of halogens is 1. The van der Waals surface area contributed by atoms with E-state index in [0.29, 0.717) is 23.7 Å². The first-order chi connectivity index (χ1) is 18.0. The van der Waals surface area contributed by atoms with Gasteiger partial charge in [0, 0.05) is 54.6 Å². The molecule has 3 aromatic rings. The van der Waals surface area contributed by atoms with Crippen LogP contribution in [0.5, 0.6) is 0 Å². The van der Waals surface area contributed by atoms with Crippen LogP contribution in [0.1, 0.15) is 60.8 Å². The van der Waals surface area contributed by atoms with E-state index in [1.54, 1.807) is 15.5 Å². The van der Waals surface area contributed by atoms with E-state index in [-0.39, 0.29) is 23.2 Å². The van der Waals surface area contributed by atoms with Crippen molar-refractivity contribution in [3.8, 4) is 0 Å². The van der Waals surface area contributed by atoms with Crippen molar-refractivity contribution in [2.24, 2.45) is 0 Å². The van der Waals surface area contributed by atoms with Crippen LogP contribution in [0, 0.1) is 6.92 Å². The monoisotopic (exact) mass is 559 g/mol. The van der Waals surface area contributed by atoms with E-state index in [1.807, 2.05) is 12.3 Å². The molecule has 10 nitrogen and oxygen atoms in total. The summed E-state index contributed by atoms with van der Waals surface area (Å²) in [6, 6.07) is 6.99. The first-order valence-electron chi connectivity index (χ1n) is 13.0. The van der Waals surface area contributed by atoms with Gasteiger partial charge in [0.1, 0.15) is 5.82 Å². The molecule has 1 aromatic carbocycles. The second-order valence-corrected chi connectivity index (χ2v) is 12.7. The molecule has 0 saturated carbocycles. The number of amides is 1. The molecular weight excluding hydrogens is 526 g/mol. The molecule has 38 heavy (non-hydrogen) atoms. The van der Waals surface area contributed by atoms with Crippen LogP contribution >= 0.6 is 11.6 Å². The Balaban J connectivity index is 1.49. The number of nitrogens with zero attached hydrogens (tertiary/aromatic N) is 5. The van der Waals surface area contributed by atoms with Crippen LogP contribution in [0.4, 0.5) is 11.5 Å². The molecule has 0 unspecified atom stereocenters. The largest absolute Gasteiger partial charge is 0.351 e. The Morgan fingerprint density at radius 3 is 2.76 bits per heavy atom. The van der Waals surface area contributed by atoms with Gasteiger partial charge in [0.05, 0.1) is 29.2 Å². The second-order valence-electron chi connectivity index (χ2n) is 10.5. The van der Waals surface area contributed by atoms with E-state index < -0.39 is 10.0 Å². The number of anilines is 2. The maximum atomic E-state index is 13.8. The van der Waals surface area contributed by atoms with E-state index in [9.17, 15) is 13.2 Å². The van der Waals surface area contributed by atoms with Gasteiger partial charge in [-0.05, 0) is 58.2 Å². The molecule has 12 heteroatoms. The zero-order valence-electron chi connectivity index (χ0n) is 22.1. The van der Waals surface area contributed by atoms with Gasteiger partial charge in [0.25, 0.3) is 5.91 Å². The molecule has 4 heterocycles. The highest BCUT2D eigenvalue weighted by molar-refractivity contribution is 7.92. The summed E-state index contributed by atoms with van der Waals surface area (Å²) >= 11 is 6.21. The number of aryl methyl sites for hydroxylation is 1. The van der Waals surface area contributed by atoms with Crippen molar-refractivity contribution in [2.45, 2.75) is 58.2 Å². The van der Waals surface area contributed by atoms with Gasteiger partial charge in [-0.3, -0.25) is 9.52 Å². The standard InChI is InChI=1S/C26H34ClN7O3S/c1-16-14-34-24(29-25(16)33-15-17(2)28-13-18(33)3)12-22(30-34)23-7-5-6-10-32(23)26(35)20-11-19(27)8-9-21(20)31-38(4,36)37/h8-9,11-12,14,17-18,23,28,31H,5-7,10,13,15H2,1-4H3/t17-,18+,23-/m0/s1. The number of sulfonamides is 1. The number of rotatable bonds is 5. The fourth-order valence-corrected chi connectivity index (χ4v) is 6.16. The SMILES string of the molecule is Cc1cn2nc([C@@H]3CCCCN3C(=O)c3cc(Cl)ccc3NS(C)(=O)=O)cc2nc1N1C[C@H](C)NC[C@H]1C. The number of likely N-dealkylation sites (tertiary alicyclic amines) is 1. The average molecular weight is 560 g/mol. The topological polar surface area (TPSA) is 112 Å². The van der Waals surface area contributed by atoms with Crippen LogP contribution in [-0.4, -0.2) is 71.8 Å². The van der Waals surface area contributed by atoms with Gasteiger partial charge in [-0.15, -0.1) is 0 Å². The van der Waals surface area contributed by atoms with Gasteiger partial charge in [-0.1, -0.05) is 11.6 Å². The Morgan fingerprint density at radius 1 is 1.21 bits per heavy atom. The van der Waals surface area contributed by atoms with Crippen molar-refractivity contribution in [2.75, 3.05) is 35.5 Å². The van der Waals surface area contributed by atoms with Crippen LogP contribution in [-0.2, 0) is 10.0 Å². The summed E-state index contributed by atoms with van der Waals surface area (Å²) in [4.78, 5) is 22.9. The molecule has 2 fully saturated rings. The van der Waals surface area contributed by atoms with Crippen LogP contribution in [0.25, 0.3) is 5.65 Å². The molecular formula is C26H34ClN7O3S. The Hall–Kier alpha value is -2.89. The number of nitrogens with one attached hydrogen (secondary N) is 2. The number of carbonyl (C=O) groups excluding carboxylic acids is 1. The summed E-state index contributed by atoms with van der Waals surface area (Å²) in [6.45, 7) is 8.73. The molecule has 2 aliphatic heterocycles. The van der Waals surface area contributed by atoms with Crippen molar-refractivity contribution in [3.63, 3.8) is 0 Å². The summed E-state index contributed by atoms with van der Waals surface area (Å²) in [6.07, 6.45) is 5.62. The predicted octanol–water partition coefficient (Wildman–Crippen LogP) is 3.62. The van der Waals surface area contributed by atoms with E-state index >= 15 is 0 Å². The Kier molecular flexibility index (Phi) is 7.27. The molecule has 2 saturated heterocycles. The van der Waals surface area contributed by atoms with Crippen molar-refractivity contribution >= 4 is 44.7 Å². The first-order valence-corrected chi connectivity index (χ1v) is 15.2. The number of benzene rings is 1. The maximum Gasteiger partial charge on any atom is 0.256 e. The van der Waals surface area contributed by atoms with Crippen molar-refractivity contribution in [1.82, 2.24) is 24.8 Å². The van der Waals surface area contributed by atoms with E-state index in [1.165, 1.54) is 12.1 Å². The minimum absolute atomic E-state index is 0.211. The minimum atomic E-state index is -3.58. The molecule has 2 aromatic heterocycles. The number of carbonyl (C=O) groups is 1. The molecule has 204 valence electrons. The minimum Gasteiger partial charge on any atom is -0.351 e. The number of hydrogen-bond acceptors (Lipinski definition) is 7. The molecule has 2 N–H and O–H groups in total. The number of aromatic nitrogens is 3. The molecule has 1 amide bonds. The van der Waals surface area contributed by atoms with Crippen LogP contribution in [0.2, 0.25) is 5.02 Å². The van der Waals surface area contributed by atoms with Crippen LogP contribution in [0.15, 0.2) is 30.5 Å². The van der Waals surface area contributed by atoms with Crippen molar-refractivity contribution in [1.29, 1.82) is 0 Å². The first kappa shape index (κ1) is 26.7. The quantitative estimate of drug-likeness (QED) is 0.491. The van der Waals surface area contributed by atoms with Gasteiger partial charge in [-0.25, -0.2) is 17.9 Å². The summed E-state index contributed by atoms with van der Waals surface area (Å²) in [5.74, 6) is 0.672. The molecule has 3 atom stereocenters. The van der Waals surface area contributed by atoms with Crippen LogP contribution < -0.4 is 14.9 Å². The smallest absolute Gasteiger partial charge is 0.256 e. The van der Waals surface area contributed by atoms with E-state index in [0.717, 1.165) is 61.3 Å². The van der Waals surface area contributed by atoms with Gasteiger partial charge in [-0.2, -0.15) is 5.10 Å². The van der Waals surface area contributed by atoms with E-state index in [4.69, 9.17) is 21.7 Å². The second kappa shape index (κ2) is 10.3. The molecule has 0 radical (unpaired) electrons. The highest BCUT2D eigenvalue weighted by Crippen LogP contribution is 2.34. The Labute approximate surface area is 228 Å². The Bertz CT molecular complexity index is 1470. The van der Waals surface area contributed by atoms with Gasteiger partial charge >= 0.3 is 0 Å². The third-order valence-electron chi connectivity index (χ3n) is 7.27. The third-order valence-corrected chi connectivity index (χ3v) is 8.10. The third kappa shape index (κ3) is 5.45. The van der Waals surface area contributed by atoms with Crippen LogP contribution in [0.3, 0.4) is 0 Å². The lowest BCUT2D eigenvalue weighted by Gasteiger charge is -2.39. The number of hydrogen-bond donors (Lipinski definition) is 2. The average Bonchev–Trinajstić information content (AvgIpc) is 3.27.